The van der Waals surface area contributed by atoms with E-state index in [1.165, 1.54) is 17.4 Å². The number of benzene rings is 2. The Labute approximate surface area is 253 Å². The predicted molar refractivity (Wildman–Crippen MR) is 166 cm³/mol. The molecular weight excluding hydrogens is 563 g/mol. The molecule has 3 aromatic heterocycles. The van der Waals surface area contributed by atoms with Gasteiger partial charge in [0.15, 0.2) is 23.1 Å². The third-order valence-corrected chi connectivity index (χ3v) is 9.15. The second-order valence-corrected chi connectivity index (χ2v) is 12.1. The van der Waals surface area contributed by atoms with Crippen LogP contribution < -0.4 is 10.1 Å². The van der Waals surface area contributed by atoms with Gasteiger partial charge in [0.1, 0.15) is 11.6 Å². The summed E-state index contributed by atoms with van der Waals surface area (Å²) >= 11 is 1.49. The molecule has 0 amide bonds. The Hall–Kier alpha value is -4.21. The zero-order chi connectivity index (χ0) is 30.0. The maximum Gasteiger partial charge on any atom is 0.166 e. The predicted octanol–water partition coefficient (Wildman–Crippen LogP) is 6.83. The normalized spacial score (nSPS) is 13.7. The molecule has 2 aromatic carbocycles. The van der Waals surface area contributed by atoms with Crippen molar-refractivity contribution in [3.8, 4) is 22.2 Å². The molecule has 1 aliphatic rings. The zero-order valence-corrected chi connectivity index (χ0v) is 25.0. The molecule has 0 aliphatic heterocycles. The number of aromatic nitrogens is 3. The van der Waals surface area contributed by atoms with Crippen LogP contribution >= 0.6 is 11.3 Å². The van der Waals surface area contributed by atoms with E-state index < -0.39 is 11.2 Å². The van der Waals surface area contributed by atoms with Gasteiger partial charge in [0, 0.05) is 38.7 Å². The van der Waals surface area contributed by atoms with Crippen molar-refractivity contribution in [3.63, 3.8) is 0 Å². The van der Waals surface area contributed by atoms with E-state index in [2.05, 4.69) is 26.8 Å². The highest BCUT2D eigenvalue weighted by molar-refractivity contribution is 7.22. The van der Waals surface area contributed by atoms with Gasteiger partial charge < -0.3 is 14.6 Å². The summed E-state index contributed by atoms with van der Waals surface area (Å²) in [6, 6.07) is 17.7. The first-order valence-electron chi connectivity index (χ1n) is 14.5. The molecule has 9 heteroatoms. The summed E-state index contributed by atoms with van der Waals surface area (Å²) in [5.74, 6) is 0.602. The maximum atomic E-state index is 15.3. The van der Waals surface area contributed by atoms with Crippen LogP contribution in [0.25, 0.3) is 20.9 Å². The molecule has 0 bridgehead atoms. The van der Waals surface area contributed by atoms with Gasteiger partial charge in [-0.05, 0) is 55.1 Å². The van der Waals surface area contributed by atoms with Crippen molar-refractivity contribution < 1.29 is 18.7 Å². The van der Waals surface area contributed by atoms with Crippen molar-refractivity contribution in [1.29, 1.82) is 0 Å². The van der Waals surface area contributed by atoms with Gasteiger partial charge in [-0.3, -0.25) is 14.6 Å². The number of carbonyl (C=O) groups is 2. The third kappa shape index (κ3) is 6.00. The van der Waals surface area contributed by atoms with Gasteiger partial charge in [-0.15, -0.1) is 11.3 Å². The minimum Gasteiger partial charge on any atom is -0.453 e. The monoisotopic (exact) mass is 596 g/mol. The number of hydrogen-bond acceptors (Lipinski definition) is 7. The van der Waals surface area contributed by atoms with Gasteiger partial charge in [0.05, 0.1) is 32.4 Å². The van der Waals surface area contributed by atoms with Gasteiger partial charge >= 0.3 is 0 Å². The van der Waals surface area contributed by atoms with Crippen LogP contribution in [-0.4, -0.2) is 32.6 Å². The minimum absolute atomic E-state index is 0.00509. The van der Waals surface area contributed by atoms with E-state index in [1.807, 2.05) is 49.6 Å². The molecule has 1 aliphatic carbocycles. The number of fused-ring (bicyclic) bond motifs is 1. The topological polar surface area (TPSA) is 86.1 Å². The number of hydrogen-bond donors (Lipinski definition) is 1. The lowest BCUT2D eigenvalue weighted by molar-refractivity contribution is -0.133. The molecule has 0 atom stereocenters. The van der Waals surface area contributed by atoms with Crippen molar-refractivity contribution in [2.24, 2.45) is 12.5 Å². The number of nitrogens with zero attached hydrogens (tertiary/aromatic N) is 3. The molecule has 1 saturated carbocycles. The second-order valence-electron chi connectivity index (χ2n) is 11.1. The molecule has 7 nitrogen and oxygen atoms in total. The number of ether oxygens (including phenoxy) is 1. The summed E-state index contributed by atoms with van der Waals surface area (Å²) in [5.41, 5.74) is 2.29. The summed E-state index contributed by atoms with van der Waals surface area (Å²) in [6.07, 6.45) is 5.92. The summed E-state index contributed by atoms with van der Waals surface area (Å²) in [5, 5.41) is 3.40. The highest BCUT2D eigenvalue weighted by Gasteiger charge is 2.54. The Kier molecular flexibility index (Phi) is 8.19. The lowest BCUT2D eigenvalue weighted by atomic mass is 9.88. The van der Waals surface area contributed by atoms with E-state index in [0.717, 1.165) is 51.7 Å². The number of carbonyl (C=O) groups excluding carboxylic acids is 2. The second kappa shape index (κ2) is 12.2. The average Bonchev–Trinajstić information content (AvgIpc) is 3.59. The highest BCUT2D eigenvalue weighted by Crippen LogP contribution is 2.49. The van der Waals surface area contributed by atoms with Crippen LogP contribution in [0.5, 0.6) is 11.5 Å². The van der Waals surface area contributed by atoms with Crippen molar-refractivity contribution >= 4 is 33.1 Å². The fourth-order valence-electron chi connectivity index (χ4n) is 5.34. The summed E-state index contributed by atoms with van der Waals surface area (Å²) in [7, 11) is 1.99. The first-order chi connectivity index (χ1) is 20.9. The molecule has 5 aromatic rings. The van der Waals surface area contributed by atoms with Crippen LogP contribution in [0.3, 0.4) is 0 Å². The smallest absolute Gasteiger partial charge is 0.166 e. The van der Waals surface area contributed by atoms with E-state index in [-0.39, 0.29) is 30.2 Å². The lowest BCUT2D eigenvalue weighted by Gasteiger charge is -2.14. The van der Waals surface area contributed by atoms with E-state index >= 15 is 4.39 Å². The fraction of sp³-hybridized carbons (Fsp3) is 0.294. The molecule has 220 valence electrons. The largest absolute Gasteiger partial charge is 0.453 e. The molecule has 0 radical (unpaired) electrons. The van der Waals surface area contributed by atoms with Crippen molar-refractivity contribution in [1.82, 2.24) is 19.9 Å². The number of ketones is 2. The van der Waals surface area contributed by atoms with Crippen molar-refractivity contribution in [2.45, 2.75) is 45.6 Å². The van der Waals surface area contributed by atoms with Gasteiger partial charge in [-0.2, -0.15) is 0 Å². The number of nitrogens with one attached hydrogen (secondary N) is 1. The van der Waals surface area contributed by atoms with E-state index in [1.54, 1.807) is 24.4 Å². The number of pyridine rings is 1. The molecule has 0 spiro atoms. The van der Waals surface area contributed by atoms with Crippen LogP contribution in [0, 0.1) is 11.2 Å². The fourth-order valence-corrected chi connectivity index (χ4v) is 6.43. The Balaban J connectivity index is 1.16. The van der Waals surface area contributed by atoms with E-state index in [0.29, 0.717) is 24.2 Å². The number of Topliss-reactive ketones (excluding diaryl/α,β-unsaturated/α-hetero) is 2. The highest BCUT2D eigenvalue weighted by atomic mass is 32.1. The summed E-state index contributed by atoms with van der Waals surface area (Å²) in [6.45, 7) is 3.81. The van der Waals surface area contributed by atoms with Crippen LogP contribution in [0.1, 0.15) is 43.0 Å². The van der Waals surface area contributed by atoms with Crippen LogP contribution in [0.4, 0.5) is 4.39 Å². The number of imidazole rings is 1. The molecule has 6 rings (SSSR count). The van der Waals surface area contributed by atoms with Gasteiger partial charge in [-0.25, -0.2) is 9.37 Å². The zero-order valence-electron chi connectivity index (χ0n) is 24.2. The lowest BCUT2D eigenvalue weighted by Crippen LogP contribution is -2.28. The standard InChI is InChI=1S/C34H33FN4O3S/c1-3-14-36-20-24-21-38-33(39(24)2)29-19-26-32(43-29)28(11-15-37-26)42-27-10-9-23(16-25(27)35)18-31(41)34(12-13-34)30(40)17-22-7-5-4-6-8-22/h4-11,15-16,19,21,36H,3,12-14,17-18,20H2,1-2H3. The first kappa shape index (κ1) is 28.9. The SMILES string of the molecule is CCCNCc1cnc(-c2cc3nccc(Oc4ccc(CC(=O)C5(C(=O)Cc6ccccc6)CC5)cc4F)c3s2)n1C. The Bertz CT molecular complexity index is 1790. The number of thiophene rings is 1. The molecule has 0 saturated heterocycles. The van der Waals surface area contributed by atoms with Crippen LogP contribution in [0.15, 0.2) is 73.1 Å². The van der Waals surface area contributed by atoms with Gasteiger partial charge in [0.2, 0.25) is 0 Å². The van der Waals surface area contributed by atoms with E-state index in [9.17, 15) is 9.59 Å². The Morgan fingerprint density at radius 2 is 1.77 bits per heavy atom. The minimum atomic E-state index is -0.943. The first-order valence-corrected chi connectivity index (χ1v) is 15.4. The number of halogens is 1. The molecule has 1 N–H and O–H groups in total. The molecular formula is C34H33FN4O3S. The molecule has 1 fully saturated rings. The Morgan fingerprint density at radius 1 is 1.00 bits per heavy atom. The van der Waals surface area contributed by atoms with E-state index in [4.69, 9.17) is 4.74 Å². The van der Waals surface area contributed by atoms with Crippen molar-refractivity contribution in [2.75, 3.05) is 6.54 Å². The average molecular weight is 597 g/mol. The quantitative estimate of drug-likeness (QED) is 0.118. The van der Waals surface area contributed by atoms with Gasteiger partial charge in [0.25, 0.3) is 0 Å². The molecule has 0 unspecified atom stereocenters. The van der Waals surface area contributed by atoms with Gasteiger partial charge in [-0.1, -0.05) is 43.3 Å². The van der Waals surface area contributed by atoms with Crippen molar-refractivity contribution in [3.05, 3.63) is 95.7 Å². The number of rotatable bonds is 13. The maximum absolute atomic E-state index is 15.3. The molecule has 43 heavy (non-hydrogen) atoms. The van der Waals surface area contributed by atoms with Crippen LogP contribution in [-0.2, 0) is 36.0 Å². The molecule has 3 heterocycles. The Morgan fingerprint density at radius 3 is 2.49 bits per heavy atom. The third-order valence-electron chi connectivity index (χ3n) is 8.02. The van der Waals surface area contributed by atoms with Crippen LogP contribution in [0.2, 0.25) is 0 Å². The summed E-state index contributed by atoms with van der Waals surface area (Å²) in [4.78, 5) is 36.2. The summed E-state index contributed by atoms with van der Waals surface area (Å²) < 4.78 is 24.2.